The second-order valence-electron chi connectivity index (χ2n) is 6.15. The zero-order chi connectivity index (χ0) is 17.8. The number of nitrogens with zero attached hydrogens (tertiary/aromatic N) is 1. The van der Waals surface area contributed by atoms with Gasteiger partial charge in [0.25, 0.3) is 0 Å². The van der Waals surface area contributed by atoms with Gasteiger partial charge >= 0.3 is 6.61 Å². The van der Waals surface area contributed by atoms with Gasteiger partial charge in [-0.05, 0) is 43.0 Å². The Morgan fingerprint density at radius 2 is 2.08 bits per heavy atom. The highest BCUT2D eigenvalue weighted by Gasteiger charge is 2.20. The molecule has 1 fully saturated rings. The first-order valence-electron chi connectivity index (χ1n) is 8.27. The molecule has 0 radical (unpaired) electrons. The van der Waals surface area contributed by atoms with Gasteiger partial charge in [-0.2, -0.15) is 8.78 Å². The molecule has 25 heavy (non-hydrogen) atoms. The molecule has 0 unspecified atom stereocenters. The van der Waals surface area contributed by atoms with Crippen molar-refractivity contribution < 1.29 is 13.5 Å². The van der Waals surface area contributed by atoms with Gasteiger partial charge < -0.3 is 15.8 Å². The summed E-state index contributed by atoms with van der Waals surface area (Å²) in [6.45, 7) is -2.08. The van der Waals surface area contributed by atoms with Crippen LogP contribution in [0.2, 0.25) is 5.02 Å². The molecule has 7 heteroatoms. The van der Waals surface area contributed by atoms with Crippen molar-refractivity contribution in [3.63, 3.8) is 0 Å². The van der Waals surface area contributed by atoms with E-state index in [-0.39, 0.29) is 10.8 Å². The number of alkyl halides is 2. The van der Waals surface area contributed by atoms with Crippen LogP contribution in [0.4, 0.5) is 20.3 Å². The fourth-order valence-corrected chi connectivity index (χ4v) is 3.02. The predicted molar refractivity (Wildman–Crippen MR) is 96.2 cm³/mol. The summed E-state index contributed by atoms with van der Waals surface area (Å²) in [4.78, 5) is 4.28. The first kappa shape index (κ1) is 17.7. The number of nitrogens with two attached hydrogens (primary N) is 1. The summed E-state index contributed by atoms with van der Waals surface area (Å²) >= 11 is 6.22. The third-order valence-electron chi connectivity index (χ3n) is 4.22. The fourth-order valence-electron chi connectivity index (χ4n) is 2.74. The lowest BCUT2D eigenvalue weighted by Gasteiger charge is -2.14. The van der Waals surface area contributed by atoms with Crippen LogP contribution >= 0.6 is 11.6 Å². The number of hydrogen-bond acceptors (Lipinski definition) is 4. The SMILES string of the molecule is Nc1c(-c2ccc(OC(F)F)cc2Cl)ccnc1NCCCC1CC1. The Morgan fingerprint density at radius 1 is 1.28 bits per heavy atom. The summed E-state index contributed by atoms with van der Waals surface area (Å²) in [7, 11) is 0. The molecule has 1 heterocycles. The third-order valence-corrected chi connectivity index (χ3v) is 4.54. The maximum absolute atomic E-state index is 12.3. The molecule has 134 valence electrons. The van der Waals surface area contributed by atoms with Gasteiger partial charge in [-0.3, -0.25) is 0 Å². The quantitative estimate of drug-likeness (QED) is 0.630. The lowest BCUT2D eigenvalue weighted by molar-refractivity contribution is -0.0498. The number of ether oxygens (including phenoxy) is 1. The van der Waals surface area contributed by atoms with Gasteiger partial charge in [0.1, 0.15) is 11.6 Å². The van der Waals surface area contributed by atoms with E-state index in [0.29, 0.717) is 22.6 Å². The minimum Gasteiger partial charge on any atom is -0.435 e. The van der Waals surface area contributed by atoms with Gasteiger partial charge in [0.15, 0.2) is 0 Å². The summed E-state index contributed by atoms with van der Waals surface area (Å²) in [5, 5.41) is 3.55. The van der Waals surface area contributed by atoms with E-state index in [4.69, 9.17) is 17.3 Å². The predicted octanol–water partition coefficient (Wildman–Crippen LogP) is 5.19. The van der Waals surface area contributed by atoms with E-state index in [2.05, 4.69) is 15.0 Å². The molecule has 0 amide bonds. The molecular weight excluding hydrogens is 348 g/mol. The highest BCUT2D eigenvalue weighted by Crippen LogP contribution is 2.37. The van der Waals surface area contributed by atoms with Crippen LogP contribution in [0.5, 0.6) is 5.75 Å². The van der Waals surface area contributed by atoms with Crippen LogP contribution in [0.25, 0.3) is 11.1 Å². The van der Waals surface area contributed by atoms with Crippen molar-refractivity contribution in [2.45, 2.75) is 32.3 Å². The van der Waals surface area contributed by atoms with Gasteiger partial charge in [0, 0.05) is 23.9 Å². The summed E-state index contributed by atoms with van der Waals surface area (Å²) < 4.78 is 28.9. The number of aromatic nitrogens is 1. The first-order chi connectivity index (χ1) is 12.0. The van der Waals surface area contributed by atoms with E-state index in [1.165, 1.54) is 31.4 Å². The maximum atomic E-state index is 12.3. The molecule has 0 spiro atoms. The van der Waals surface area contributed by atoms with E-state index < -0.39 is 6.61 Å². The molecule has 1 aromatic heterocycles. The van der Waals surface area contributed by atoms with Gasteiger partial charge in [0.2, 0.25) is 0 Å². The Bertz CT molecular complexity index is 738. The zero-order valence-corrected chi connectivity index (χ0v) is 14.4. The molecule has 0 saturated heterocycles. The molecule has 0 atom stereocenters. The number of nitrogens with one attached hydrogen (secondary N) is 1. The van der Waals surface area contributed by atoms with Gasteiger partial charge in [-0.1, -0.05) is 24.4 Å². The molecular formula is C18H20ClF2N3O. The van der Waals surface area contributed by atoms with E-state index in [1.807, 2.05) is 0 Å². The van der Waals surface area contributed by atoms with Crippen molar-refractivity contribution in [1.29, 1.82) is 0 Å². The van der Waals surface area contributed by atoms with Crippen molar-refractivity contribution in [3.8, 4) is 16.9 Å². The van der Waals surface area contributed by atoms with Crippen LogP contribution in [0.1, 0.15) is 25.7 Å². The van der Waals surface area contributed by atoms with Crippen LogP contribution in [-0.4, -0.2) is 18.1 Å². The van der Waals surface area contributed by atoms with Gasteiger partial charge in [-0.15, -0.1) is 0 Å². The molecule has 2 aromatic rings. The van der Waals surface area contributed by atoms with Crippen molar-refractivity contribution in [1.82, 2.24) is 4.98 Å². The molecule has 0 bridgehead atoms. The number of halogens is 3. The maximum Gasteiger partial charge on any atom is 0.387 e. The van der Waals surface area contributed by atoms with Crippen LogP contribution in [0, 0.1) is 5.92 Å². The average Bonchev–Trinajstić information content (AvgIpc) is 3.37. The molecule has 1 aromatic carbocycles. The summed E-state index contributed by atoms with van der Waals surface area (Å²) in [6, 6.07) is 6.16. The number of anilines is 2. The largest absolute Gasteiger partial charge is 0.435 e. The number of benzene rings is 1. The van der Waals surface area contributed by atoms with E-state index in [9.17, 15) is 8.78 Å². The number of pyridine rings is 1. The fraction of sp³-hybridized carbons (Fsp3) is 0.389. The Kier molecular flexibility index (Phi) is 5.58. The van der Waals surface area contributed by atoms with Crippen LogP contribution in [0.15, 0.2) is 30.5 Å². The second kappa shape index (κ2) is 7.87. The van der Waals surface area contributed by atoms with Gasteiger partial charge in [0.05, 0.1) is 10.7 Å². The molecule has 0 aliphatic heterocycles. The molecule has 4 nitrogen and oxygen atoms in total. The molecule has 1 saturated carbocycles. The lowest BCUT2D eigenvalue weighted by atomic mass is 10.0. The van der Waals surface area contributed by atoms with Crippen molar-refractivity contribution in [3.05, 3.63) is 35.5 Å². The van der Waals surface area contributed by atoms with E-state index >= 15 is 0 Å². The number of rotatable bonds is 8. The Morgan fingerprint density at radius 3 is 2.76 bits per heavy atom. The Balaban J connectivity index is 1.73. The first-order valence-corrected chi connectivity index (χ1v) is 8.65. The van der Waals surface area contributed by atoms with Gasteiger partial charge in [-0.25, -0.2) is 4.98 Å². The molecule has 3 N–H and O–H groups in total. The molecule has 3 rings (SSSR count). The van der Waals surface area contributed by atoms with Crippen molar-refractivity contribution in [2.24, 2.45) is 5.92 Å². The highest BCUT2D eigenvalue weighted by molar-refractivity contribution is 6.33. The molecule has 1 aliphatic rings. The normalized spacial score (nSPS) is 13.9. The van der Waals surface area contributed by atoms with E-state index in [0.717, 1.165) is 18.9 Å². The standard InChI is InChI=1S/C18H20ClF2N3O/c19-15-10-12(25-18(20)21)5-6-13(15)14-7-9-24-17(16(14)22)23-8-1-2-11-3-4-11/h5-7,9-11,18H,1-4,8,22H2,(H,23,24). The van der Waals surface area contributed by atoms with Crippen molar-refractivity contribution >= 4 is 23.1 Å². The minimum atomic E-state index is -2.89. The second-order valence-corrected chi connectivity index (χ2v) is 6.56. The lowest BCUT2D eigenvalue weighted by Crippen LogP contribution is -2.07. The van der Waals surface area contributed by atoms with Crippen LogP contribution in [-0.2, 0) is 0 Å². The van der Waals surface area contributed by atoms with Crippen LogP contribution in [0.3, 0.4) is 0 Å². The topological polar surface area (TPSA) is 60.2 Å². The number of hydrogen-bond donors (Lipinski definition) is 2. The Hall–Kier alpha value is -2.08. The monoisotopic (exact) mass is 367 g/mol. The summed E-state index contributed by atoms with van der Waals surface area (Å²) in [6.07, 6.45) is 6.65. The highest BCUT2D eigenvalue weighted by atomic mass is 35.5. The summed E-state index contributed by atoms with van der Waals surface area (Å²) in [5.41, 5.74) is 8.05. The number of nitrogen functional groups attached to an aromatic ring is 1. The molecule has 1 aliphatic carbocycles. The minimum absolute atomic E-state index is 0.00908. The van der Waals surface area contributed by atoms with E-state index in [1.54, 1.807) is 18.3 Å². The summed E-state index contributed by atoms with van der Waals surface area (Å²) in [5.74, 6) is 1.51. The van der Waals surface area contributed by atoms with Crippen molar-refractivity contribution in [2.75, 3.05) is 17.6 Å². The smallest absolute Gasteiger partial charge is 0.387 e. The third kappa shape index (κ3) is 4.72. The van der Waals surface area contributed by atoms with Crippen LogP contribution < -0.4 is 15.8 Å². The zero-order valence-electron chi connectivity index (χ0n) is 13.6. The Labute approximate surface area is 150 Å². The average molecular weight is 368 g/mol.